The average molecular weight is 288 g/mol. The molecule has 0 saturated carbocycles. The standard InChI is InChI=1S/C13H12N4O2S/c1-9-15-11-4-2-3-5-12(11)16(9)14-8-10-6-7-13(20-10)17(18)19/h2-9,15H,1H3/b14-8+. The molecule has 2 heterocycles. The molecule has 6 nitrogen and oxygen atoms in total. The van der Waals surface area contributed by atoms with E-state index in [1.54, 1.807) is 12.3 Å². The largest absolute Gasteiger partial charge is 0.362 e. The molecule has 1 aliphatic rings. The third-order valence-electron chi connectivity index (χ3n) is 2.98. The van der Waals surface area contributed by atoms with E-state index >= 15 is 0 Å². The molecular formula is C13H12N4O2S. The van der Waals surface area contributed by atoms with E-state index in [0.29, 0.717) is 0 Å². The van der Waals surface area contributed by atoms with Crippen LogP contribution in [0.3, 0.4) is 0 Å². The summed E-state index contributed by atoms with van der Waals surface area (Å²) in [7, 11) is 0. The summed E-state index contributed by atoms with van der Waals surface area (Å²) in [5.41, 5.74) is 2.04. The number of hydrogen-bond donors (Lipinski definition) is 1. The first-order valence-electron chi connectivity index (χ1n) is 6.08. The Bertz CT molecular complexity index is 683. The Balaban J connectivity index is 1.83. The van der Waals surface area contributed by atoms with E-state index < -0.39 is 4.92 Å². The number of hydrazone groups is 1. The van der Waals surface area contributed by atoms with Gasteiger partial charge in [-0.2, -0.15) is 5.10 Å². The molecule has 102 valence electrons. The molecule has 1 aliphatic heterocycles. The van der Waals surface area contributed by atoms with Crippen molar-refractivity contribution in [2.75, 3.05) is 10.3 Å². The monoisotopic (exact) mass is 288 g/mol. The van der Waals surface area contributed by atoms with Gasteiger partial charge >= 0.3 is 5.00 Å². The van der Waals surface area contributed by atoms with Crippen LogP contribution in [0, 0.1) is 10.1 Å². The zero-order valence-corrected chi connectivity index (χ0v) is 11.5. The number of para-hydroxylation sites is 2. The van der Waals surface area contributed by atoms with Crippen LogP contribution in [0.4, 0.5) is 16.4 Å². The molecule has 0 spiro atoms. The van der Waals surface area contributed by atoms with Crippen molar-refractivity contribution in [2.45, 2.75) is 13.1 Å². The second-order valence-electron chi connectivity index (χ2n) is 4.36. The number of anilines is 2. The number of nitrogens with zero attached hydrogens (tertiary/aromatic N) is 3. The Morgan fingerprint density at radius 3 is 2.95 bits per heavy atom. The number of thiophene rings is 1. The molecule has 1 N–H and O–H groups in total. The molecule has 0 saturated heterocycles. The van der Waals surface area contributed by atoms with Crippen LogP contribution in [-0.2, 0) is 0 Å². The number of hydrogen-bond acceptors (Lipinski definition) is 6. The van der Waals surface area contributed by atoms with Gasteiger partial charge in [-0.1, -0.05) is 23.5 Å². The molecule has 3 rings (SSSR count). The summed E-state index contributed by atoms with van der Waals surface area (Å²) in [6.45, 7) is 2.01. The molecule has 0 amide bonds. The van der Waals surface area contributed by atoms with Crippen molar-refractivity contribution in [3.63, 3.8) is 0 Å². The van der Waals surface area contributed by atoms with E-state index in [0.717, 1.165) is 27.6 Å². The van der Waals surface area contributed by atoms with E-state index in [-0.39, 0.29) is 11.2 Å². The van der Waals surface area contributed by atoms with Gasteiger partial charge in [0.25, 0.3) is 0 Å². The van der Waals surface area contributed by atoms with Crippen LogP contribution < -0.4 is 10.3 Å². The summed E-state index contributed by atoms with van der Waals surface area (Å²) in [5.74, 6) is 0. The molecule has 0 bridgehead atoms. The molecular weight excluding hydrogens is 276 g/mol. The fourth-order valence-corrected chi connectivity index (χ4v) is 2.77. The highest BCUT2D eigenvalue weighted by Crippen LogP contribution is 2.34. The van der Waals surface area contributed by atoms with Gasteiger partial charge in [-0.3, -0.25) is 10.1 Å². The third-order valence-corrected chi connectivity index (χ3v) is 3.96. The van der Waals surface area contributed by atoms with E-state index in [4.69, 9.17) is 0 Å². The van der Waals surface area contributed by atoms with Crippen LogP contribution in [0.5, 0.6) is 0 Å². The lowest BCUT2D eigenvalue weighted by molar-refractivity contribution is -0.380. The molecule has 0 fully saturated rings. The van der Waals surface area contributed by atoms with Crippen molar-refractivity contribution in [1.29, 1.82) is 0 Å². The van der Waals surface area contributed by atoms with E-state index in [1.165, 1.54) is 6.07 Å². The predicted octanol–water partition coefficient (Wildman–Crippen LogP) is 3.27. The molecule has 20 heavy (non-hydrogen) atoms. The van der Waals surface area contributed by atoms with E-state index in [9.17, 15) is 10.1 Å². The third kappa shape index (κ3) is 2.23. The minimum absolute atomic E-state index is 0.0543. The number of nitrogens with one attached hydrogen (secondary N) is 1. The maximum absolute atomic E-state index is 10.6. The lowest BCUT2D eigenvalue weighted by atomic mass is 10.3. The first-order chi connectivity index (χ1) is 9.65. The predicted molar refractivity (Wildman–Crippen MR) is 80.6 cm³/mol. The van der Waals surface area contributed by atoms with Crippen molar-refractivity contribution in [2.24, 2.45) is 5.10 Å². The zero-order valence-electron chi connectivity index (χ0n) is 10.7. The Hall–Kier alpha value is -2.41. The Labute approximate surface area is 119 Å². The number of rotatable bonds is 3. The molecule has 1 unspecified atom stereocenters. The molecule has 0 aliphatic carbocycles. The van der Waals surface area contributed by atoms with Gasteiger partial charge in [0.1, 0.15) is 6.17 Å². The summed E-state index contributed by atoms with van der Waals surface area (Å²) >= 11 is 1.11. The van der Waals surface area contributed by atoms with Gasteiger partial charge in [-0.25, -0.2) is 5.01 Å². The van der Waals surface area contributed by atoms with Crippen LogP contribution in [-0.4, -0.2) is 17.3 Å². The van der Waals surface area contributed by atoms with Crippen LogP contribution >= 0.6 is 11.3 Å². The van der Waals surface area contributed by atoms with Gasteiger partial charge in [-0.15, -0.1) is 0 Å². The minimum Gasteiger partial charge on any atom is -0.362 e. The van der Waals surface area contributed by atoms with Gasteiger partial charge in [0.15, 0.2) is 0 Å². The molecule has 2 aromatic rings. The SMILES string of the molecule is CC1Nc2ccccc2N1/N=C/c1ccc([N+](=O)[O-])s1. The average Bonchev–Trinajstić information content (AvgIpc) is 3.00. The normalized spacial score (nSPS) is 17.2. The smallest absolute Gasteiger partial charge is 0.324 e. The Kier molecular flexibility index (Phi) is 3.11. The topological polar surface area (TPSA) is 70.8 Å². The van der Waals surface area contributed by atoms with Crippen molar-refractivity contribution in [3.05, 3.63) is 51.4 Å². The number of nitro groups is 1. The second kappa shape index (κ2) is 4.93. The fourth-order valence-electron chi connectivity index (χ4n) is 2.08. The van der Waals surface area contributed by atoms with E-state index in [1.807, 2.05) is 36.2 Å². The molecule has 1 aromatic carbocycles. The second-order valence-corrected chi connectivity index (χ2v) is 5.45. The van der Waals surface area contributed by atoms with Crippen molar-refractivity contribution < 1.29 is 4.92 Å². The highest BCUT2D eigenvalue weighted by atomic mass is 32.1. The zero-order chi connectivity index (χ0) is 14.1. The van der Waals surface area contributed by atoms with Gasteiger partial charge < -0.3 is 5.32 Å². The van der Waals surface area contributed by atoms with Gasteiger partial charge in [0, 0.05) is 6.07 Å². The van der Waals surface area contributed by atoms with Crippen LogP contribution in [0.25, 0.3) is 0 Å². The molecule has 1 aromatic heterocycles. The van der Waals surface area contributed by atoms with E-state index in [2.05, 4.69) is 10.4 Å². The highest BCUT2D eigenvalue weighted by molar-refractivity contribution is 7.16. The molecule has 0 radical (unpaired) electrons. The summed E-state index contributed by atoms with van der Waals surface area (Å²) < 4.78 is 0. The summed E-state index contributed by atoms with van der Waals surface area (Å²) in [6, 6.07) is 11.1. The first-order valence-corrected chi connectivity index (χ1v) is 6.90. The molecule has 7 heteroatoms. The van der Waals surface area contributed by atoms with Crippen LogP contribution in [0.1, 0.15) is 11.8 Å². The minimum atomic E-state index is -0.392. The van der Waals surface area contributed by atoms with Crippen LogP contribution in [0.15, 0.2) is 41.5 Å². The number of benzene rings is 1. The molecule has 1 atom stereocenters. The van der Waals surface area contributed by atoms with Crippen molar-refractivity contribution in [1.82, 2.24) is 0 Å². The Morgan fingerprint density at radius 2 is 2.20 bits per heavy atom. The van der Waals surface area contributed by atoms with Crippen molar-refractivity contribution in [3.8, 4) is 0 Å². The van der Waals surface area contributed by atoms with Gasteiger partial charge in [-0.05, 0) is 25.1 Å². The first kappa shape index (κ1) is 12.6. The summed E-state index contributed by atoms with van der Waals surface area (Å²) in [4.78, 5) is 11.0. The van der Waals surface area contributed by atoms with Crippen molar-refractivity contribution >= 4 is 33.9 Å². The fraction of sp³-hybridized carbons (Fsp3) is 0.154. The summed E-state index contributed by atoms with van der Waals surface area (Å²) in [5, 5.41) is 20.4. The highest BCUT2D eigenvalue weighted by Gasteiger charge is 2.24. The maximum Gasteiger partial charge on any atom is 0.324 e. The summed E-state index contributed by atoms with van der Waals surface area (Å²) in [6.07, 6.45) is 1.70. The lowest BCUT2D eigenvalue weighted by Crippen LogP contribution is -2.27. The lowest BCUT2D eigenvalue weighted by Gasteiger charge is -2.17. The van der Waals surface area contributed by atoms with Gasteiger partial charge in [0.05, 0.1) is 27.4 Å². The number of fused-ring (bicyclic) bond motifs is 1. The van der Waals surface area contributed by atoms with Crippen LogP contribution in [0.2, 0.25) is 0 Å². The maximum atomic E-state index is 10.6. The Morgan fingerprint density at radius 1 is 1.40 bits per heavy atom. The quantitative estimate of drug-likeness (QED) is 0.534. The van der Waals surface area contributed by atoms with Gasteiger partial charge in [0.2, 0.25) is 0 Å².